The molecule has 3 aliphatic heterocycles. The fraction of sp³-hybridized carbons (Fsp3) is 0.739. The number of carbonyl (C=O) groups excluding carboxylic acids is 1. The zero-order chi connectivity index (χ0) is 20.1. The Bertz CT molecular complexity index is 638. The topological polar surface area (TPSA) is 42.9 Å². The molecular formula is C23H37N5O. The highest BCUT2D eigenvalue weighted by Crippen LogP contribution is 2.26. The second kappa shape index (κ2) is 10.0. The van der Waals surface area contributed by atoms with Gasteiger partial charge in [0.25, 0.3) is 0 Å². The van der Waals surface area contributed by atoms with Crippen LogP contribution in [0.15, 0.2) is 24.5 Å². The largest absolute Gasteiger partial charge is 0.340 e. The molecule has 0 saturated carbocycles. The maximum absolute atomic E-state index is 13.1. The molecule has 4 rings (SSSR count). The Balaban J connectivity index is 1.24. The summed E-state index contributed by atoms with van der Waals surface area (Å²) in [7, 11) is 0. The molecule has 1 atom stereocenters. The summed E-state index contributed by atoms with van der Waals surface area (Å²) in [6.45, 7) is 12.6. The van der Waals surface area contributed by atoms with Gasteiger partial charge in [0.05, 0.1) is 5.92 Å². The van der Waals surface area contributed by atoms with Crippen molar-refractivity contribution in [3.05, 3.63) is 30.1 Å². The summed E-state index contributed by atoms with van der Waals surface area (Å²) in [5.74, 6) is 0.629. The fourth-order valence-electron chi connectivity index (χ4n) is 5.27. The molecule has 0 radical (unpaired) electrons. The van der Waals surface area contributed by atoms with Gasteiger partial charge in [0.2, 0.25) is 5.91 Å². The molecule has 6 heteroatoms. The van der Waals surface area contributed by atoms with E-state index in [1.165, 1.54) is 31.4 Å². The molecule has 160 valence electrons. The van der Waals surface area contributed by atoms with Gasteiger partial charge in [0, 0.05) is 57.7 Å². The Labute approximate surface area is 175 Å². The summed E-state index contributed by atoms with van der Waals surface area (Å²) < 4.78 is 0. The molecule has 6 nitrogen and oxygen atoms in total. The van der Waals surface area contributed by atoms with E-state index in [2.05, 4.69) is 37.6 Å². The number of piperidine rings is 2. The Kier molecular flexibility index (Phi) is 7.16. The molecular weight excluding hydrogens is 362 g/mol. The van der Waals surface area contributed by atoms with Crippen LogP contribution >= 0.6 is 0 Å². The number of nitrogens with zero attached hydrogens (tertiary/aromatic N) is 5. The summed E-state index contributed by atoms with van der Waals surface area (Å²) >= 11 is 0. The first kappa shape index (κ1) is 20.8. The fourth-order valence-corrected chi connectivity index (χ4v) is 5.27. The predicted octanol–water partition coefficient (Wildman–Crippen LogP) is 1.92. The number of rotatable bonds is 5. The van der Waals surface area contributed by atoms with Crippen LogP contribution in [0.1, 0.15) is 38.2 Å². The molecule has 3 fully saturated rings. The predicted molar refractivity (Wildman–Crippen MR) is 116 cm³/mol. The molecule has 0 spiro atoms. The van der Waals surface area contributed by atoms with E-state index < -0.39 is 0 Å². The monoisotopic (exact) mass is 399 g/mol. The van der Waals surface area contributed by atoms with Crippen LogP contribution in [0.3, 0.4) is 0 Å². The van der Waals surface area contributed by atoms with Crippen molar-refractivity contribution in [2.45, 2.75) is 45.2 Å². The summed E-state index contributed by atoms with van der Waals surface area (Å²) in [4.78, 5) is 27.1. The second-order valence-corrected chi connectivity index (χ2v) is 8.96. The Hall–Kier alpha value is -1.50. The molecule has 0 N–H and O–H groups in total. The van der Waals surface area contributed by atoms with Crippen LogP contribution in [0.5, 0.6) is 0 Å². The molecule has 4 heterocycles. The van der Waals surface area contributed by atoms with Crippen LogP contribution in [-0.2, 0) is 11.3 Å². The van der Waals surface area contributed by atoms with Crippen molar-refractivity contribution in [3.63, 3.8) is 0 Å². The summed E-state index contributed by atoms with van der Waals surface area (Å²) in [5, 5.41) is 0. The van der Waals surface area contributed by atoms with Gasteiger partial charge in [-0.2, -0.15) is 0 Å². The number of hydrogen-bond donors (Lipinski definition) is 0. The van der Waals surface area contributed by atoms with E-state index in [4.69, 9.17) is 0 Å². The first-order chi connectivity index (χ1) is 14.2. The number of aromatic nitrogens is 1. The third-order valence-electron chi connectivity index (χ3n) is 7.14. The van der Waals surface area contributed by atoms with Crippen molar-refractivity contribution < 1.29 is 4.79 Å². The molecule has 1 aromatic rings. The molecule has 0 aromatic carbocycles. The first-order valence-corrected chi connectivity index (χ1v) is 11.6. The lowest BCUT2D eigenvalue weighted by Crippen LogP contribution is -2.54. The van der Waals surface area contributed by atoms with E-state index >= 15 is 0 Å². The standard InChI is InChI=1S/C23H37N5O/c1-2-25-13-15-27(16-14-25)23(29)21-6-4-10-28(19-21)22-7-11-26(12-8-22)18-20-5-3-9-24-17-20/h3,5,9,17,21-22H,2,4,6-8,10-16,18-19H2,1H3/t21-/m0/s1. The molecule has 29 heavy (non-hydrogen) atoms. The van der Waals surface area contributed by atoms with E-state index in [0.717, 1.165) is 65.3 Å². The molecule has 1 amide bonds. The van der Waals surface area contributed by atoms with Crippen molar-refractivity contribution in [3.8, 4) is 0 Å². The van der Waals surface area contributed by atoms with Gasteiger partial charge in [-0.05, 0) is 63.5 Å². The van der Waals surface area contributed by atoms with Crippen molar-refractivity contribution in [1.29, 1.82) is 0 Å². The summed E-state index contributed by atoms with van der Waals surface area (Å²) in [6.07, 6.45) is 8.50. The first-order valence-electron chi connectivity index (χ1n) is 11.6. The number of likely N-dealkylation sites (N-methyl/N-ethyl adjacent to an activating group) is 1. The highest BCUT2D eigenvalue weighted by Gasteiger charge is 2.34. The SMILES string of the molecule is CCN1CCN(C(=O)[C@H]2CCCN(C3CCN(Cc4cccnc4)CC3)C2)CC1. The molecule has 3 saturated heterocycles. The van der Waals surface area contributed by atoms with Gasteiger partial charge < -0.3 is 9.80 Å². The van der Waals surface area contributed by atoms with Crippen LogP contribution in [0.2, 0.25) is 0 Å². The second-order valence-electron chi connectivity index (χ2n) is 8.96. The number of piperazine rings is 1. The summed E-state index contributed by atoms with van der Waals surface area (Å²) in [5.41, 5.74) is 1.30. The highest BCUT2D eigenvalue weighted by molar-refractivity contribution is 5.79. The van der Waals surface area contributed by atoms with Crippen LogP contribution in [0.25, 0.3) is 0 Å². The third-order valence-corrected chi connectivity index (χ3v) is 7.14. The van der Waals surface area contributed by atoms with E-state index in [1.54, 1.807) is 0 Å². The maximum atomic E-state index is 13.1. The lowest BCUT2D eigenvalue weighted by Gasteiger charge is -2.43. The van der Waals surface area contributed by atoms with Crippen molar-refractivity contribution in [1.82, 2.24) is 24.6 Å². The smallest absolute Gasteiger partial charge is 0.227 e. The van der Waals surface area contributed by atoms with Gasteiger partial charge in [-0.3, -0.25) is 19.6 Å². The van der Waals surface area contributed by atoms with Gasteiger partial charge in [0.1, 0.15) is 0 Å². The molecule has 1 aromatic heterocycles. The average Bonchev–Trinajstić information content (AvgIpc) is 2.80. The lowest BCUT2D eigenvalue weighted by molar-refractivity contribution is -0.139. The molecule has 0 aliphatic carbocycles. The number of likely N-dealkylation sites (tertiary alicyclic amines) is 2. The molecule has 0 unspecified atom stereocenters. The number of carbonyl (C=O) groups is 1. The van der Waals surface area contributed by atoms with E-state index in [0.29, 0.717) is 11.9 Å². The normalized spacial score (nSPS) is 26.0. The lowest BCUT2D eigenvalue weighted by atomic mass is 9.92. The van der Waals surface area contributed by atoms with Gasteiger partial charge >= 0.3 is 0 Å². The minimum atomic E-state index is 0.213. The van der Waals surface area contributed by atoms with E-state index in [-0.39, 0.29) is 5.92 Å². The molecule has 0 bridgehead atoms. The molecule has 3 aliphatic rings. The van der Waals surface area contributed by atoms with Crippen LogP contribution in [0.4, 0.5) is 0 Å². The van der Waals surface area contributed by atoms with Crippen molar-refractivity contribution >= 4 is 5.91 Å². The van der Waals surface area contributed by atoms with E-state index in [1.807, 2.05) is 18.5 Å². The Morgan fingerprint density at radius 2 is 1.83 bits per heavy atom. The van der Waals surface area contributed by atoms with Gasteiger partial charge in [0.15, 0.2) is 0 Å². The van der Waals surface area contributed by atoms with Crippen LogP contribution < -0.4 is 0 Å². The maximum Gasteiger partial charge on any atom is 0.227 e. The van der Waals surface area contributed by atoms with E-state index in [9.17, 15) is 4.79 Å². The number of pyridine rings is 1. The van der Waals surface area contributed by atoms with Crippen LogP contribution in [-0.4, -0.2) is 95.4 Å². The van der Waals surface area contributed by atoms with Gasteiger partial charge in [-0.25, -0.2) is 0 Å². The minimum Gasteiger partial charge on any atom is -0.340 e. The quantitative estimate of drug-likeness (QED) is 0.757. The van der Waals surface area contributed by atoms with Crippen molar-refractivity contribution in [2.75, 3.05) is 58.9 Å². The number of amides is 1. The zero-order valence-corrected chi connectivity index (χ0v) is 18.0. The Morgan fingerprint density at radius 3 is 2.52 bits per heavy atom. The van der Waals surface area contributed by atoms with Gasteiger partial charge in [-0.1, -0.05) is 13.0 Å². The van der Waals surface area contributed by atoms with Gasteiger partial charge in [-0.15, -0.1) is 0 Å². The average molecular weight is 400 g/mol. The minimum absolute atomic E-state index is 0.213. The summed E-state index contributed by atoms with van der Waals surface area (Å²) in [6, 6.07) is 4.84. The number of hydrogen-bond acceptors (Lipinski definition) is 5. The third kappa shape index (κ3) is 5.36. The van der Waals surface area contributed by atoms with Crippen LogP contribution in [0, 0.1) is 5.92 Å². The zero-order valence-electron chi connectivity index (χ0n) is 18.0. The Morgan fingerprint density at radius 1 is 1.03 bits per heavy atom. The highest BCUT2D eigenvalue weighted by atomic mass is 16.2. The van der Waals surface area contributed by atoms with Crippen molar-refractivity contribution in [2.24, 2.45) is 5.92 Å².